The molecule has 0 amide bonds. The fraction of sp³-hybridized carbons (Fsp3) is 1.00. The highest BCUT2D eigenvalue weighted by Gasteiger charge is 2.21. The predicted molar refractivity (Wildman–Crippen MR) is 62.1 cm³/mol. The molecular weight excluding hydrogens is 190 g/mol. The van der Waals surface area contributed by atoms with Crippen LogP contribution in [0.2, 0.25) is 0 Å². The van der Waals surface area contributed by atoms with Crippen molar-refractivity contribution < 1.29 is 9.47 Å². The molecule has 1 aliphatic heterocycles. The molecule has 0 aromatic rings. The van der Waals surface area contributed by atoms with Crippen LogP contribution in [0.1, 0.15) is 32.6 Å². The molecule has 2 unspecified atom stereocenters. The van der Waals surface area contributed by atoms with Crippen molar-refractivity contribution in [1.29, 1.82) is 0 Å². The SMILES string of the molecule is CCCC1CC(CNCCOC)CCO1. The van der Waals surface area contributed by atoms with E-state index in [1.807, 2.05) is 0 Å². The number of hydrogen-bond acceptors (Lipinski definition) is 3. The molecule has 1 fully saturated rings. The zero-order chi connectivity index (χ0) is 10.9. The Hall–Kier alpha value is -0.120. The van der Waals surface area contributed by atoms with Crippen LogP contribution < -0.4 is 5.32 Å². The van der Waals surface area contributed by atoms with Gasteiger partial charge in [0.25, 0.3) is 0 Å². The topological polar surface area (TPSA) is 30.5 Å². The van der Waals surface area contributed by atoms with Crippen LogP contribution in [0.25, 0.3) is 0 Å². The van der Waals surface area contributed by atoms with Crippen molar-refractivity contribution in [1.82, 2.24) is 5.32 Å². The van der Waals surface area contributed by atoms with Gasteiger partial charge in [0.05, 0.1) is 12.7 Å². The standard InChI is InChI=1S/C12H25NO2/c1-3-4-12-9-11(5-7-15-12)10-13-6-8-14-2/h11-13H,3-10H2,1-2H3. The van der Waals surface area contributed by atoms with Gasteiger partial charge in [-0.15, -0.1) is 0 Å². The Morgan fingerprint density at radius 3 is 3.07 bits per heavy atom. The zero-order valence-corrected chi connectivity index (χ0v) is 10.1. The predicted octanol–water partition coefficient (Wildman–Crippen LogP) is 1.82. The van der Waals surface area contributed by atoms with Gasteiger partial charge in [0.2, 0.25) is 0 Å². The second kappa shape index (κ2) is 8.08. The van der Waals surface area contributed by atoms with Gasteiger partial charge in [0, 0.05) is 20.3 Å². The van der Waals surface area contributed by atoms with E-state index in [1.165, 1.54) is 25.7 Å². The van der Waals surface area contributed by atoms with Crippen molar-refractivity contribution in [2.45, 2.75) is 38.7 Å². The van der Waals surface area contributed by atoms with Crippen LogP contribution in [0.5, 0.6) is 0 Å². The van der Waals surface area contributed by atoms with Gasteiger partial charge in [-0.2, -0.15) is 0 Å². The second-order valence-electron chi connectivity index (χ2n) is 4.37. The van der Waals surface area contributed by atoms with Crippen LogP contribution in [-0.4, -0.2) is 39.5 Å². The Morgan fingerprint density at radius 1 is 1.47 bits per heavy atom. The zero-order valence-electron chi connectivity index (χ0n) is 10.1. The van der Waals surface area contributed by atoms with E-state index in [0.29, 0.717) is 6.10 Å². The lowest BCUT2D eigenvalue weighted by atomic mass is 9.93. The summed E-state index contributed by atoms with van der Waals surface area (Å²) in [5.41, 5.74) is 0. The first-order valence-electron chi connectivity index (χ1n) is 6.18. The molecule has 0 radical (unpaired) electrons. The summed E-state index contributed by atoms with van der Waals surface area (Å²) in [5.74, 6) is 0.798. The lowest BCUT2D eigenvalue weighted by molar-refractivity contribution is -0.0132. The van der Waals surface area contributed by atoms with E-state index < -0.39 is 0 Å². The number of ether oxygens (including phenoxy) is 2. The lowest BCUT2D eigenvalue weighted by Gasteiger charge is -2.29. The maximum Gasteiger partial charge on any atom is 0.0587 e. The molecule has 3 nitrogen and oxygen atoms in total. The van der Waals surface area contributed by atoms with Crippen molar-refractivity contribution in [3.8, 4) is 0 Å². The Kier molecular flexibility index (Phi) is 6.98. The van der Waals surface area contributed by atoms with Gasteiger partial charge in [0.15, 0.2) is 0 Å². The molecule has 3 heteroatoms. The second-order valence-corrected chi connectivity index (χ2v) is 4.37. The third kappa shape index (κ3) is 5.50. The molecule has 15 heavy (non-hydrogen) atoms. The number of nitrogens with one attached hydrogen (secondary N) is 1. The van der Waals surface area contributed by atoms with E-state index in [4.69, 9.17) is 9.47 Å². The average molecular weight is 215 g/mol. The van der Waals surface area contributed by atoms with Crippen LogP contribution in [0, 0.1) is 5.92 Å². The summed E-state index contributed by atoms with van der Waals surface area (Å²) in [6.07, 6.45) is 5.40. The lowest BCUT2D eigenvalue weighted by Crippen LogP contribution is -2.33. The van der Waals surface area contributed by atoms with Crippen molar-refractivity contribution in [2.75, 3.05) is 33.4 Å². The number of rotatable bonds is 7. The fourth-order valence-electron chi connectivity index (χ4n) is 2.15. The minimum absolute atomic E-state index is 0.512. The molecule has 0 aliphatic carbocycles. The highest BCUT2D eigenvalue weighted by atomic mass is 16.5. The normalized spacial score (nSPS) is 26.8. The Balaban J connectivity index is 2.07. The van der Waals surface area contributed by atoms with E-state index in [-0.39, 0.29) is 0 Å². The first-order valence-corrected chi connectivity index (χ1v) is 6.18. The van der Waals surface area contributed by atoms with Crippen molar-refractivity contribution in [3.63, 3.8) is 0 Å². The molecule has 0 bridgehead atoms. The van der Waals surface area contributed by atoms with E-state index in [1.54, 1.807) is 7.11 Å². The average Bonchev–Trinajstić information content (AvgIpc) is 2.26. The van der Waals surface area contributed by atoms with Crippen LogP contribution in [-0.2, 0) is 9.47 Å². The van der Waals surface area contributed by atoms with Gasteiger partial charge < -0.3 is 14.8 Å². The summed E-state index contributed by atoms with van der Waals surface area (Å²) in [5, 5.41) is 3.44. The Bertz CT molecular complexity index is 151. The molecule has 1 rings (SSSR count). The van der Waals surface area contributed by atoms with Crippen molar-refractivity contribution in [3.05, 3.63) is 0 Å². The van der Waals surface area contributed by atoms with E-state index in [0.717, 1.165) is 32.2 Å². The molecule has 1 aliphatic rings. The number of methoxy groups -OCH3 is 1. The third-order valence-corrected chi connectivity index (χ3v) is 3.00. The maximum absolute atomic E-state index is 5.72. The maximum atomic E-state index is 5.72. The van der Waals surface area contributed by atoms with Crippen LogP contribution in [0.3, 0.4) is 0 Å². The molecule has 0 aromatic heterocycles. The summed E-state index contributed by atoms with van der Waals surface area (Å²) in [6, 6.07) is 0. The molecule has 0 saturated carbocycles. The molecule has 1 N–H and O–H groups in total. The van der Waals surface area contributed by atoms with E-state index in [9.17, 15) is 0 Å². The van der Waals surface area contributed by atoms with Gasteiger partial charge in [-0.3, -0.25) is 0 Å². The molecular formula is C12H25NO2. The largest absolute Gasteiger partial charge is 0.383 e. The summed E-state index contributed by atoms with van der Waals surface area (Å²) < 4.78 is 10.7. The van der Waals surface area contributed by atoms with E-state index in [2.05, 4.69) is 12.2 Å². The summed E-state index contributed by atoms with van der Waals surface area (Å²) in [7, 11) is 1.74. The van der Waals surface area contributed by atoms with Gasteiger partial charge in [0.1, 0.15) is 0 Å². The van der Waals surface area contributed by atoms with Gasteiger partial charge >= 0.3 is 0 Å². The van der Waals surface area contributed by atoms with Gasteiger partial charge in [-0.25, -0.2) is 0 Å². The van der Waals surface area contributed by atoms with Crippen LogP contribution in [0.15, 0.2) is 0 Å². The highest BCUT2D eigenvalue weighted by molar-refractivity contribution is 4.73. The molecule has 1 saturated heterocycles. The Morgan fingerprint density at radius 2 is 2.33 bits per heavy atom. The highest BCUT2D eigenvalue weighted by Crippen LogP contribution is 2.22. The van der Waals surface area contributed by atoms with Crippen molar-refractivity contribution in [2.24, 2.45) is 5.92 Å². The molecule has 90 valence electrons. The first-order chi connectivity index (χ1) is 7.36. The van der Waals surface area contributed by atoms with Gasteiger partial charge in [-0.1, -0.05) is 13.3 Å². The van der Waals surface area contributed by atoms with Crippen molar-refractivity contribution >= 4 is 0 Å². The molecule has 2 atom stereocenters. The van der Waals surface area contributed by atoms with Crippen LogP contribution in [0.4, 0.5) is 0 Å². The fourth-order valence-corrected chi connectivity index (χ4v) is 2.15. The summed E-state index contributed by atoms with van der Waals surface area (Å²) in [4.78, 5) is 0. The monoisotopic (exact) mass is 215 g/mol. The minimum atomic E-state index is 0.512. The summed E-state index contributed by atoms with van der Waals surface area (Å²) >= 11 is 0. The minimum Gasteiger partial charge on any atom is -0.383 e. The number of hydrogen-bond donors (Lipinski definition) is 1. The van der Waals surface area contributed by atoms with E-state index >= 15 is 0 Å². The first kappa shape index (κ1) is 12.9. The quantitative estimate of drug-likeness (QED) is 0.657. The molecule has 0 aromatic carbocycles. The summed E-state index contributed by atoms with van der Waals surface area (Å²) in [6.45, 7) is 6.06. The smallest absolute Gasteiger partial charge is 0.0587 e. The third-order valence-electron chi connectivity index (χ3n) is 3.00. The van der Waals surface area contributed by atoms with Crippen LogP contribution >= 0.6 is 0 Å². The Labute approximate surface area is 93.5 Å². The van der Waals surface area contributed by atoms with Gasteiger partial charge in [-0.05, 0) is 31.7 Å². The molecule has 0 spiro atoms. The molecule has 1 heterocycles.